The number of carboxylic acid groups (broad SMARTS) is 1. The number of carbonyl (C=O) groups excluding carboxylic acids is 1. The number of rotatable bonds is 7. The molecule has 0 aromatic heterocycles. The molecule has 1 rings (SSSR count). The molecule has 5 nitrogen and oxygen atoms in total. The molecule has 0 aliphatic carbocycles. The van der Waals surface area contributed by atoms with E-state index in [4.69, 9.17) is 9.94 Å². The van der Waals surface area contributed by atoms with Crippen molar-refractivity contribution in [3.8, 4) is 0 Å². The van der Waals surface area contributed by atoms with Crippen LogP contribution in [-0.4, -0.2) is 17.0 Å². The summed E-state index contributed by atoms with van der Waals surface area (Å²) in [6, 6.07) is 9.43. The van der Waals surface area contributed by atoms with Crippen molar-refractivity contribution in [2.75, 3.05) is 0 Å². The average Bonchev–Trinajstić information content (AvgIpc) is 2.30. The van der Waals surface area contributed by atoms with Gasteiger partial charge in [0, 0.05) is 12.8 Å². The van der Waals surface area contributed by atoms with E-state index in [1.54, 1.807) is 0 Å². The number of hydrogen-bond acceptors (Lipinski definition) is 3. The highest BCUT2D eigenvalue weighted by Gasteiger charge is 2.03. The Labute approximate surface area is 99.4 Å². The van der Waals surface area contributed by atoms with E-state index in [-0.39, 0.29) is 18.7 Å². The number of amides is 1. The summed E-state index contributed by atoms with van der Waals surface area (Å²) in [5.74, 6) is -1.20. The van der Waals surface area contributed by atoms with E-state index in [2.05, 4.69) is 5.48 Å². The summed E-state index contributed by atoms with van der Waals surface area (Å²) >= 11 is 0. The highest BCUT2D eigenvalue weighted by Crippen LogP contribution is 2.00. The van der Waals surface area contributed by atoms with Crippen molar-refractivity contribution in [1.82, 2.24) is 5.48 Å². The predicted octanol–water partition coefficient (Wildman–Crippen LogP) is 1.49. The van der Waals surface area contributed by atoms with Gasteiger partial charge in [0.25, 0.3) is 0 Å². The first-order valence-electron chi connectivity index (χ1n) is 5.35. The predicted molar refractivity (Wildman–Crippen MR) is 60.9 cm³/mol. The normalized spacial score (nSPS) is 9.88. The fourth-order valence-electron chi connectivity index (χ4n) is 1.23. The summed E-state index contributed by atoms with van der Waals surface area (Å²) in [6.45, 7) is 0.297. The molecule has 0 saturated heterocycles. The molecule has 2 N–H and O–H groups in total. The fraction of sp³-hybridized carbons (Fsp3) is 0.333. The van der Waals surface area contributed by atoms with E-state index < -0.39 is 5.97 Å². The van der Waals surface area contributed by atoms with Crippen LogP contribution in [0.5, 0.6) is 0 Å². The smallest absolute Gasteiger partial charge is 0.303 e. The van der Waals surface area contributed by atoms with Crippen LogP contribution < -0.4 is 5.48 Å². The molecule has 0 spiro atoms. The maximum Gasteiger partial charge on any atom is 0.303 e. The molecule has 5 heteroatoms. The topological polar surface area (TPSA) is 75.6 Å². The highest BCUT2D eigenvalue weighted by atomic mass is 16.6. The van der Waals surface area contributed by atoms with Crippen molar-refractivity contribution in [2.45, 2.75) is 25.9 Å². The molecular weight excluding hydrogens is 222 g/mol. The van der Waals surface area contributed by atoms with Crippen molar-refractivity contribution in [3.05, 3.63) is 35.9 Å². The molecule has 1 aromatic carbocycles. The molecule has 1 aromatic rings. The van der Waals surface area contributed by atoms with Gasteiger partial charge in [-0.1, -0.05) is 30.3 Å². The van der Waals surface area contributed by atoms with Crippen LogP contribution in [0.1, 0.15) is 24.8 Å². The maximum atomic E-state index is 11.2. The lowest BCUT2D eigenvalue weighted by Gasteiger charge is -2.05. The van der Waals surface area contributed by atoms with Gasteiger partial charge in [0.15, 0.2) is 0 Å². The lowest BCUT2D eigenvalue weighted by atomic mass is 10.2. The molecule has 0 aliphatic rings. The Bertz CT molecular complexity index is 364. The maximum absolute atomic E-state index is 11.2. The monoisotopic (exact) mass is 237 g/mol. The Balaban J connectivity index is 2.10. The quantitative estimate of drug-likeness (QED) is 0.704. The summed E-state index contributed by atoms with van der Waals surface area (Å²) in [5, 5.41) is 8.39. The Kier molecular flexibility index (Phi) is 5.74. The zero-order chi connectivity index (χ0) is 12.5. The fourth-order valence-corrected chi connectivity index (χ4v) is 1.23. The van der Waals surface area contributed by atoms with Crippen LogP contribution >= 0.6 is 0 Å². The highest BCUT2D eigenvalue weighted by molar-refractivity contribution is 5.75. The van der Waals surface area contributed by atoms with Gasteiger partial charge in [-0.15, -0.1) is 0 Å². The standard InChI is InChI=1S/C12H15NO4/c14-11(7-4-8-12(15)16)13-17-9-10-5-2-1-3-6-10/h1-3,5-6H,4,7-9H2,(H,13,14)(H,15,16). The average molecular weight is 237 g/mol. The second kappa shape index (κ2) is 7.40. The second-order valence-electron chi connectivity index (χ2n) is 3.55. The number of aliphatic carboxylic acids is 1. The largest absolute Gasteiger partial charge is 0.481 e. The van der Waals surface area contributed by atoms with Crippen molar-refractivity contribution < 1.29 is 19.5 Å². The van der Waals surface area contributed by atoms with E-state index in [1.165, 1.54) is 0 Å². The molecular formula is C12H15NO4. The molecule has 0 fully saturated rings. The van der Waals surface area contributed by atoms with Crippen LogP contribution in [0.2, 0.25) is 0 Å². The summed E-state index contributed by atoms with van der Waals surface area (Å²) in [7, 11) is 0. The minimum absolute atomic E-state index is 0.00783. The summed E-state index contributed by atoms with van der Waals surface area (Å²) in [4.78, 5) is 26.4. The number of nitrogens with one attached hydrogen (secondary N) is 1. The van der Waals surface area contributed by atoms with Gasteiger partial charge in [-0.3, -0.25) is 14.4 Å². The van der Waals surface area contributed by atoms with Gasteiger partial charge in [0.1, 0.15) is 0 Å². The molecule has 92 valence electrons. The molecule has 0 heterocycles. The number of hydroxylamine groups is 1. The van der Waals surface area contributed by atoms with Crippen LogP contribution in [-0.2, 0) is 21.0 Å². The van der Waals surface area contributed by atoms with Gasteiger partial charge in [0.2, 0.25) is 5.91 Å². The Morgan fingerprint density at radius 2 is 1.88 bits per heavy atom. The molecule has 0 atom stereocenters. The van der Waals surface area contributed by atoms with Gasteiger partial charge < -0.3 is 5.11 Å². The second-order valence-corrected chi connectivity index (χ2v) is 3.55. The molecule has 0 aliphatic heterocycles. The van der Waals surface area contributed by atoms with Gasteiger partial charge >= 0.3 is 5.97 Å². The zero-order valence-corrected chi connectivity index (χ0v) is 9.39. The molecule has 0 bridgehead atoms. The molecule has 0 radical (unpaired) electrons. The Morgan fingerprint density at radius 3 is 2.53 bits per heavy atom. The summed E-state index contributed by atoms with van der Waals surface area (Å²) < 4.78 is 0. The van der Waals surface area contributed by atoms with Crippen LogP contribution in [0.4, 0.5) is 0 Å². The minimum atomic E-state index is -0.900. The van der Waals surface area contributed by atoms with Gasteiger partial charge in [0.05, 0.1) is 6.61 Å². The van der Waals surface area contributed by atoms with Crippen molar-refractivity contribution in [3.63, 3.8) is 0 Å². The van der Waals surface area contributed by atoms with Gasteiger partial charge in [-0.05, 0) is 12.0 Å². The van der Waals surface area contributed by atoms with Gasteiger partial charge in [-0.25, -0.2) is 5.48 Å². The van der Waals surface area contributed by atoms with Crippen LogP contribution in [0.25, 0.3) is 0 Å². The zero-order valence-electron chi connectivity index (χ0n) is 9.39. The SMILES string of the molecule is O=C(O)CCCC(=O)NOCc1ccccc1. The van der Waals surface area contributed by atoms with Crippen molar-refractivity contribution in [2.24, 2.45) is 0 Å². The molecule has 0 saturated carbocycles. The van der Waals surface area contributed by atoms with E-state index in [9.17, 15) is 9.59 Å². The van der Waals surface area contributed by atoms with Crippen LogP contribution in [0, 0.1) is 0 Å². The molecule has 0 unspecified atom stereocenters. The molecule has 17 heavy (non-hydrogen) atoms. The van der Waals surface area contributed by atoms with Crippen molar-refractivity contribution in [1.29, 1.82) is 0 Å². The Hall–Kier alpha value is -1.88. The third-order valence-corrected chi connectivity index (χ3v) is 2.06. The van der Waals surface area contributed by atoms with Gasteiger partial charge in [-0.2, -0.15) is 0 Å². The van der Waals surface area contributed by atoms with Crippen molar-refractivity contribution >= 4 is 11.9 Å². The van der Waals surface area contributed by atoms with Crippen LogP contribution in [0.15, 0.2) is 30.3 Å². The Morgan fingerprint density at radius 1 is 1.18 bits per heavy atom. The summed E-state index contributed by atoms with van der Waals surface area (Å²) in [6.07, 6.45) is 0.461. The lowest BCUT2D eigenvalue weighted by molar-refractivity contribution is -0.137. The van der Waals surface area contributed by atoms with E-state index in [0.717, 1.165) is 5.56 Å². The third kappa shape index (κ3) is 6.32. The number of carbonyl (C=O) groups is 2. The summed E-state index contributed by atoms with van der Waals surface area (Å²) in [5.41, 5.74) is 3.23. The third-order valence-electron chi connectivity index (χ3n) is 2.06. The van der Waals surface area contributed by atoms with E-state index >= 15 is 0 Å². The minimum Gasteiger partial charge on any atom is -0.481 e. The van der Waals surface area contributed by atoms with E-state index in [0.29, 0.717) is 13.0 Å². The first-order chi connectivity index (χ1) is 8.18. The van der Waals surface area contributed by atoms with Crippen LogP contribution in [0.3, 0.4) is 0 Å². The first kappa shape index (κ1) is 13.2. The number of carboxylic acids is 1. The first-order valence-corrected chi connectivity index (χ1v) is 5.35. The molecule has 1 amide bonds. The number of hydrogen-bond donors (Lipinski definition) is 2. The lowest BCUT2D eigenvalue weighted by Crippen LogP contribution is -2.23. The number of benzene rings is 1. The van der Waals surface area contributed by atoms with E-state index in [1.807, 2.05) is 30.3 Å².